The molecule has 0 spiro atoms. The highest BCUT2D eigenvalue weighted by Crippen LogP contribution is 2.39. The van der Waals surface area contributed by atoms with E-state index in [-0.39, 0.29) is 43.6 Å². The van der Waals surface area contributed by atoms with Crippen LogP contribution >= 0.6 is 0 Å². The van der Waals surface area contributed by atoms with Gasteiger partial charge in [0.1, 0.15) is 6.54 Å². The summed E-state index contributed by atoms with van der Waals surface area (Å²) in [7, 11) is -3.85. The van der Waals surface area contributed by atoms with Gasteiger partial charge in [-0.1, -0.05) is 11.2 Å². The summed E-state index contributed by atoms with van der Waals surface area (Å²) < 4.78 is 108. The molecule has 2 aromatic rings. The molecule has 1 aliphatic heterocycles. The third kappa shape index (κ3) is 6.36. The molecule has 0 amide bonds. The van der Waals surface area contributed by atoms with Crippen LogP contribution in [-0.2, 0) is 22.9 Å². The lowest BCUT2D eigenvalue weighted by Crippen LogP contribution is -2.41. The molecule has 0 aliphatic carbocycles. The average Bonchev–Trinajstić information content (AvgIpc) is 3.19. The van der Waals surface area contributed by atoms with Gasteiger partial charge in [0.05, 0.1) is 18.7 Å². The van der Waals surface area contributed by atoms with Crippen LogP contribution in [0.2, 0.25) is 0 Å². The first-order valence-corrected chi connectivity index (χ1v) is 11.2. The van der Waals surface area contributed by atoms with Gasteiger partial charge in [0.2, 0.25) is 5.89 Å². The van der Waals surface area contributed by atoms with Crippen LogP contribution in [0.25, 0.3) is 4.85 Å². The minimum Gasteiger partial charge on any atom is -0.355 e. The van der Waals surface area contributed by atoms with E-state index < -0.39 is 52.6 Å². The predicted molar refractivity (Wildman–Crippen MR) is 106 cm³/mol. The molecule has 0 saturated carbocycles. The molecular weight excluding hydrogens is 494 g/mol. The molecule has 1 aromatic carbocycles. The summed E-state index contributed by atoms with van der Waals surface area (Å²) in [5.74, 6) is -0.476. The number of halogens is 6. The summed E-state index contributed by atoms with van der Waals surface area (Å²) in [6.07, 6.45) is -9.12. The smallest absolute Gasteiger partial charge is 0.355 e. The van der Waals surface area contributed by atoms with Crippen LogP contribution in [-0.4, -0.2) is 48.7 Å². The van der Waals surface area contributed by atoms with Gasteiger partial charge in [-0.3, -0.25) is 0 Å². The summed E-state index contributed by atoms with van der Waals surface area (Å²) in [6, 6.07) is 2.26. The van der Waals surface area contributed by atoms with E-state index in [0.29, 0.717) is 11.0 Å². The lowest BCUT2D eigenvalue weighted by Gasteiger charge is -2.27. The summed E-state index contributed by atoms with van der Waals surface area (Å²) in [5, 5.41) is 8.71. The lowest BCUT2D eigenvalue weighted by molar-refractivity contribution is -0.136. The van der Waals surface area contributed by atoms with Crippen molar-refractivity contribution in [3.63, 3.8) is 0 Å². The van der Waals surface area contributed by atoms with Gasteiger partial charge in [0.25, 0.3) is 10.2 Å². The van der Waals surface area contributed by atoms with Gasteiger partial charge in [-0.15, -0.1) is 0 Å². The van der Waals surface area contributed by atoms with E-state index in [0.717, 1.165) is 16.4 Å². The van der Waals surface area contributed by atoms with Crippen molar-refractivity contribution in [2.24, 2.45) is 5.14 Å². The average molecular weight is 512 g/mol. The molecule has 2 heterocycles. The normalized spacial score (nSPS) is 16.4. The van der Waals surface area contributed by atoms with E-state index in [2.05, 4.69) is 15.0 Å². The third-order valence-electron chi connectivity index (χ3n) is 5.12. The summed E-state index contributed by atoms with van der Waals surface area (Å²) in [5.41, 5.74) is -2.52. The Balaban J connectivity index is 1.82. The number of piperidine rings is 1. The second kappa shape index (κ2) is 9.39. The van der Waals surface area contributed by atoms with E-state index in [4.69, 9.17) is 16.2 Å². The van der Waals surface area contributed by atoms with Crippen LogP contribution in [0.4, 0.5) is 37.7 Å². The summed E-state index contributed by atoms with van der Waals surface area (Å²) >= 11 is 0. The fraction of sp³-hybridized carbons (Fsp3) is 0.500. The molecule has 1 aliphatic rings. The fourth-order valence-electron chi connectivity index (χ4n) is 3.53. The zero-order valence-electron chi connectivity index (χ0n) is 17.3. The maximum absolute atomic E-state index is 13.3. The number of benzene rings is 1. The molecule has 1 saturated heterocycles. The number of aromatic nitrogens is 2. The molecule has 9 nitrogen and oxygen atoms in total. The molecule has 2 N–H and O–H groups in total. The van der Waals surface area contributed by atoms with Gasteiger partial charge < -0.3 is 9.42 Å². The Morgan fingerprint density at radius 2 is 1.85 bits per heavy atom. The lowest BCUT2D eigenvalue weighted by atomic mass is 9.98. The molecule has 16 heteroatoms. The first kappa shape index (κ1) is 25.7. The van der Waals surface area contributed by atoms with E-state index >= 15 is 0 Å². The van der Waals surface area contributed by atoms with E-state index in [1.54, 1.807) is 0 Å². The molecule has 0 atom stereocenters. The van der Waals surface area contributed by atoms with Crippen LogP contribution in [0.15, 0.2) is 22.7 Å². The number of hydrogen-bond acceptors (Lipinski definition) is 6. The van der Waals surface area contributed by atoms with Gasteiger partial charge in [-0.05, 0) is 25.0 Å². The Labute approximate surface area is 190 Å². The van der Waals surface area contributed by atoms with Gasteiger partial charge in [-0.2, -0.15) is 44.0 Å². The largest absolute Gasteiger partial charge is 0.407 e. The number of nitrogens with two attached hydrogens (primary N) is 1. The predicted octanol–water partition coefficient (Wildman–Crippen LogP) is 3.59. The van der Waals surface area contributed by atoms with Crippen molar-refractivity contribution in [1.29, 1.82) is 0 Å². The number of alkyl halides is 6. The van der Waals surface area contributed by atoms with Gasteiger partial charge in [-0.25, -0.2) is 9.98 Å². The topological polar surface area (TPSA) is 110 Å². The zero-order chi connectivity index (χ0) is 25.3. The van der Waals surface area contributed by atoms with Crippen molar-refractivity contribution in [3.8, 4) is 0 Å². The van der Waals surface area contributed by atoms with Gasteiger partial charge in [0.15, 0.2) is 11.5 Å². The van der Waals surface area contributed by atoms with Crippen molar-refractivity contribution in [3.05, 3.63) is 46.9 Å². The number of hydrogen-bond donors (Lipinski definition) is 1. The highest BCUT2D eigenvalue weighted by Gasteiger charge is 2.36. The Morgan fingerprint density at radius 1 is 1.21 bits per heavy atom. The maximum Gasteiger partial charge on any atom is 0.407 e. The van der Waals surface area contributed by atoms with Crippen LogP contribution in [0.5, 0.6) is 0 Å². The van der Waals surface area contributed by atoms with E-state index in [1.165, 1.54) is 0 Å². The van der Waals surface area contributed by atoms with Crippen LogP contribution in [0, 0.1) is 6.57 Å². The third-order valence-corrected chi connectivity index (χ3v) is 6.21. The SMILES string of the molecule is [C-]#[N+]c1ccc(N(Cc2noc(C3CCN(S(N)(=O)=O)CC3)n2)CC(F)(F)F)cc1C(F)(F)F. The van der Waals surface area contributed by atoms with Gasteiger partial charge >= 0.3 is 12.4 Å². The molecule has 1 aromatic heterocycles. The maximum atomic E-state index is 13.3. The van der Waals surface area contributed by atoms with E-state index in [9.17, 15) is 34.8 Å². The second-order valence-corrected chi connectivity index (χ2v) is 9.10. The van der Waals surface area contributed by atoms with Crippen molar-refractivity contribution < 1.29 is 39.3 Å². The first-order chi connectivity index (χ1) is 15.7. The standard InChI is InChI=1S/C18H18F6N6O3S/c1-26-14-3-2-12(8-13(14)18(22,23)24)29(10-17(19,20)21)9-15-27-16(33-28-15)11-4-6-30(7-5-11)34(25,31)32/h2-3,8,11H,4-7,9-10H2,(H2,25,31,32). The minimum absolute atomic E-state index is 0.0790. The molecule has 1 fully saturated rings. The van der Waals surface area contributed by atoms with Crippen LogP contribution < -0.4 is 10.0 Å². The zero-order valence-corrected chi connectivity index (χ0v) is 18.1. The molecule has 34 heavy (non-hydrogen) atoms. The van der Waals surface area contributed by atoms with Crippen LogP contribution in [0.1, 0.15) is 36.0 Å². The Kier molecular flexibility index (Phi) is 7.10. The number of anilines is 1. The van der Waals surface area contributed by atoms with E-state index in [1.807, 2.05) is 0 Å². The quantitative estimate of drug-likeness (QED) is 0.468. The number of rotatable bonds is 6. The highest BCUT2D eigenvalue weighted by atomic mass is 32.2. The van der Waals surface area contributed by atoms with Crippen molar-refractivity contribution in [2.45, 2.75) is 37.7 Å². The van der Waals surface area contributed by atoms with Crippen molar-refractivity contribution >= 4 is 21.6 Å². The summed E-state index contributed by atoms with van der Waals surface area (Å²) in [6.45, 7) is 4.84. The molecular formula is C18H18F6N6O3S. The molecule has 186 valence electrons. The molecule has 0 bridgehead atoms. The summed E-state index contributed by atoms with van der Waals surface area (Å²) in [4.78, 5) is 7.44. The minimum atomic E-state index is -4.94. The van der Waals surface area contributed by atoms with Crippen LogP contribution in [0.3, 0.4) is 0 Å². The highest BCUT2D eigenvalue weighted by molar-refractivity contribution is 7.86. The second-order valence-electron chi connectivity index (χ2n) is 7.55. The first-order valence-electron chi connectivity index (χ1n) is 9.68. The Hall–Kier alpha value is -2.90. The molecule has 0 radical (unpaired) electrons. The Morgan fingerprint density at radius 3 is 2.38 bits per heavy atom. The van der Waals surface area contributed by atoms with Crippen molar-refractivity contribution in [1.82, 2.24) is 14.4 Å². The van der Waals surface area contributed by atoms with Crippen molar-refractivity contribution in [2.75, 3.05) is 24.5 Å². The molecule has 0 unspecified atom stereocenters. The monoisotopic (exact) mass is 512 g/mol. The molecule has 3 rings (SSSR count). The Bertz CT molecular complexity index is 1170. The number of nitrogens with zero attached hydrogens (tertiary/aromatic N) is 5. The van der Waals surface area contributed by atoms with Gasteiger partial charge in [0, 0.05) is 24.7 Å². The fourth-order valence-corrected chi connectivity index (χ4v) is 4.25.